The van der Waals surface area contributed by atoms with Gasteiger partial charge in [-0.15, -0.1) is 0 Å². The van der Waals surface area contributed by atoms with Crippen LogP contribution in [0.25, 0.3) is 0 Å². The van der Waals surface area contributed by atoms with Crippen molar-refractivity contribution in [2.24, 2.45) is 0 Å². The molecule has 0 saturated carbocycles. The van der Waals surface area contributed by atoms with Crippen LogP contribution in [0.4, 0.5) is 0 Å². The van der Waals surface area contributed by atoms with Gasteiger partial charge in [0.25, 0.3) is 0 Å². The molecule has 0 aromatic heterocycles. The zero-order valence-corrected chi connectivity index (χ0v) is 15.8. The van der Waals surface area contributed by atoms with E-state index in [-0.39, 0.29) is 0 Å². The number of methoxy groups -OCH3 is 2. The molecule has 2 fully saturated rings. The third kappa shape index (κ3) is 4.87. The third-order valence-electron chi connectivity index (χ3n) is 5.52. The summed E-state index contributed by atoms with van der Waals surface area (Å²) in [6.45, 7) is 7.84. The van der Waals surface area contributed by atoms with E-state index in [4.69, 9.17) is 9.47 Å². The molecule has 5 heteroatoms. The van der Waals surface area contributed by atoms with E-state index in [1.54, 1.807) is 14.2 Å². The molecule has 25 heavy (non-hydrogen) atoms. The number of hydrogen-bond donors (Lipinski definition) is 1. The summed E-state index contributed by atoms with van der Waals surface area (Å²) >= 11 is 0. The first-order valence-electron chi connectivity index (χ1n) is 9.71. The van der Waals surface area contributed by atoms with E-state index in [9.17, 15) is 0 Å². The lowest BCUT2D eigenvalue weighted by atomic mass is 10.0. The molecular weight excluding hydrogens is 314 g/mol. The normalized spacial score (nSPS) is 21.5. The maximum atomic E-state index is 5.73. The quantitative estimate of drug-likeness (QED) is 0.856. The SMILES string of the molecule is COc1ccc(C(CN2CCCCCC2)N2CCNCC2)c(OC)c1. The fourth-order valence-corrected chi connectivity index (χ4v) is 4.06. The van der Waals surface area contributed by atoms with Crippen LogP contribution in [0, 0.1) is 0 Å². The molecule has 1 aromatic carbocycles. The lowest BCUT2D eigenvalue weighted by Gasteiger charge is -2.38. The minimum Gasteiger partial charge on any atom is -0.497 e. The van der Waals surface area contributed by atoms with Crippen LogP contribution in [0.5, 0.6) is 11.5 Å². The molecule has 1 aromatic rings. The number of rotatable bonds is 6. The Labute approximate surface area is 152 Å². The van der Waals surface area contributed by atoms with E-state index in [0.29, 0.717) is 6.04 Å². The Bertz CT molecular complexity index is 524. The average Bonchev–Trinajstić information content (AvgIpc) is 2.95. The van der Waals surface area contributed by atoms with Crippen LogP contribution < -0.4 is 14.8 Å². The molecule has 5 nitrogen and oxygen atoms in total. The minimum absolute atomic E-state index is 0.376. The predicted octanol–water partition coefficient (Wildman–Crippen LogP) is 2.53. The first-order chi connectivity index (χ1) is 12.3. The Balaban J connectivity index is 1.84. The summed E-state index contributed by atoms with van der Waals surface area (Å²) in [5.74, 6) is 1.80. The van der Waals surface area contributed by atoms with E-state index < -0.39 is 0 Å². The number of nitrogens with zero attached hydrogens (tertiary/aromatic N) is 2. The fraction of sp³-hybridized carbons (Fsp3) is 0.700. The maximum Gasteiger partial charge on any atom is 0.127 e. The summed E-state index contributed by atoms with van der Waals surface area (Å²) in [6, 6.07) is 6.66. The van der Waals surface area contributed by atoms with Gasteiger partial charge in [-0.05, 0) is 32.0 Å². The highest BCUT2D eigenvalue weighted by molar-refractivity contribution is 5.42. The van der Waals surface area contributed by atoms with Crippen molar-refractivity contribution in [3.8, 4) is 11.5 Å². The van der Waals surface area contributed by atoms with E-state index in [1.807, 2.05) is 6.07 Å². The molecule has 0 spiro atoms. The van der Waals surface area contributed by atoms with E-state index in [2.05, 4.69) is 27.2 Å². The molecule has 0 radical (unpaired) electrons. The molecule has 0 aliphatic carbocycles. The lowest BCUT2D eigenvalue weighted by molar-refractivity contribution is 0.124. The first-order valence-corrected chi connectivity index (χ1v) is 9.71. The van der Waals surface area contributed by atoms with Crippen LogP contribution in [0.15, 0.2) is 18.2 Å². The molecule has 1 atom stereocenters. The number of ether oxygens (including phenoxy) is 2. The van der Waals surface area contributed by atoms with Gasteiger partial charge in [-0.2, -0.15) is 0 Å². The predicted molar refractivity (Wildman–Crippen MR) is 102 cm³/mol. The summed E-state index contributed by atoms with van der Waals surface area (Å²) < 4.78 is 11.1. The summed E-state index contributed by atoms with van der Waals surface area (Å²) in [7, 11) is 3.47. The van der Waals surface area contributed by atoms with Crippen molar-refractivity contribution < 1.29 is 9.47 Å². The second-order valence-corrected chi connectivity index (χ2v) is 7.12. The minimum atomic E-state index is 0.376. The number of benzene rings is 1. The second-order valence-electron chi connectivity index (χ2n) is 7.12. The molecule has 0 bridgehead atoms. The Morgan fingerprint density at radius 1 is 0.960 bits per heavy atom. The Morgan fingerprint density at radius 3 is 2.32 bits per heavy atom. The van der Waals surface area contributed by atoms with Gasteiger partial charge in [0.05, 0.1) is 20.3 Å². The van der Waals surface area contributed by atoms with Gasteiger partial charge in [-0.25, -0.2) is 0 Å². The van der Waals surface area contributed by atoms with Gasteiger partial charge in [-0.1, -0.05) is 18.9 Å². The topological polar surface area (TPSA) is 37.0 Å². The van der Waals surface area contributed by atoms with Crippen LogP contribution >= 0.6 is 0 Å². The molecule has 140 valence electrons. The molecule has 2 aliphatic rings. The highest BCUT2D eigenvalue weighted by Crippen LogP contribution is 2.33. The molecule has 2 heterocycles. The number of likely N-dealkylation sites (tertiary alicyclic amines) is 1. The van der Waals surface area contributed by atoms with Gasteiger partial charge in [0.15, 0.2) is 0 Å². The van der Waals surface area contributed by atoms with Crippen molar-refractivity contribution in [2.75, 3.05) is 60.0 Å². The van der Waals surface area contributed by atoms with Gasteiger partial charge >= 0.3 is 0 Å². The number of hydrogen-bond acceptors (Lipinski definition) is 5. The summed E-state index contributed by atoms with van der Waals surface area (Å²) in [4.78, 5) is 5.27. The Hall–Kier alpha value is -1.30. The zero-order chi connectivity index (χ0) is 17.5. The molecule has 0 amide bonds. The lowest BCUT2D eigenvalue weighted by Crippen LogP contribution is -2.48. The standard InChI is InChI=1S/C20H33N3O2/c1-24-17-7-8-18(20(15-17)25-2)19(23-13-9-21-10-14-23)16-22-11-5-3-4-6-12-22/h7-8,15,19,21H,3-6,9-14,16H2,1-2H3. The van der Waals surface area contributed by atoms with Crippen molar-refractivity contribution in [3.63, 3.8) is 0 Å². The van der Waals surface area contributed by atoms with Gasteiger partial charge < -0.3 is 19.7 Å². The molecular formula is C20H33N3O2. The van der Waals surface area contributed by atoms with Gasteiger partial charge in [0, 0.05) is 44.4 Å². The van der Waals surface area contributed by atoms with Crippen LogP contribution in [-0.2, 0) is 0 Å². The van der Waals surface area contributed by atoms with Crippen LogP contribution in [0.2, 0.25) is 0 Å². The van der Waals surface area contributed by atoms with Crippen molar-refractivity contribution in [3.05, 3.63) is 23.8 Å². The van der Waals surface area contributed by atoms with Gasteiger partial charge in [0.2, 0.25) is 0 Å². The van der Waals surface area contributed by atoms with Gasteiger partial charge in [0.1, 0.15) is 11.5 Å². The second kappa shape index (κ2) is 9.41. The van der Waals surface area contributed by atoms with Crippen molar-refractivity contribution in [2.45, 2.75) is 31.7 Å². The molecule has 3 rings (SSSR count). The monoisotopic (exact) mass is 347 g/mol. The zero-order valence-electron chi connectivity index (χ0n) is 15.8. The van der Waals surface area contributed by atoms with E-state index in [1.165, 1.54) is 44.3 Å². The van der Waals surface area contributed by atoms with E-state index in [0.717, 1.165) is 44.2 Å². The first kappa shape index (κ1) is 18.5. The van der Waals surface area contributed by atoms with Gasteiger partial charge in [-0.3, -0.25) is 4.90 Å². The fourth-order valence-electron chi connectivity index (χ4n) is 4.06. The van der Waals surface area contributed by atoms with Crippen molar-refractivity contribution >= 4 is 0 Å². The van der Waals surface area contributed by atoms with Crippen LogP contribution in [0.1, 0.15) is 37.3 Å². The van der Waals surface area contributed by atoms with Crippen molar-refractivity contribution in [1.82, 2.24) is 15.1 Å². The van der Waals surface area contributed by atoms with Crippen molar-refractivity contribution in [1.29, 1.82) is 0 Å². The highest BCUT2D eigenvalue weighted by Gasteiger charge is 2.27. The largest absolute Gasteiger partial charge is 0.497 e. The summed E-state index contributed by atoms with van der Waals surface area (Å²) in [5.41, 5.74) is 1.29. The average molecular weight is 348 g/mol. The number of nitrogens with one attached hydrogen (secondary N) is 1. The molecule has 2 saturated heterocycles. The summed E-state index contributed by atoms with van der Waals surface area (Å²) in [5, 5.41) is 3.48. The molecule has 2 aliphatic heterocycles. The third-order valence-corrected chi connectivity index (χ3v) is 5.52. The molecule has 1 unspecified atom stereocenters. The highest BCUT2D eigenvalue weighted by atomic mass is 16.5. The Morgan fingerprint density at radius 2 is 1.68 bits per heavy atom. The van der Waals surface area contributed by atoms with Crippen LogP contribution in [-0.4, -0.2) is 69.8 Å². The van der Waals surface area contributed by atoms with E-state index >= 15 is 0 Å². The summed E-state index contributed by atoms with van der Waals surface area (Å²) in [6.07, 6.45) is 5.41. The smallest absolute Gasteiger partial charge is 0.127 e. The number of piperazine rings is 1. The van der Waals surface area contributed by atoms with Crippen LogP contribution in [0.3, 0.4) is 0 Å². The molecule has 1 N–H and O–H groups in total. The Kier molecular flexibility index (Phi) is 6.96. The maximum absolute atomic E-state index is 5.73.